The Kier molecular flexibility index (Phi) is 7.59. The smallest absolute Gasteiger partial charge is 0.137 e. The fourth-order valence-electron chi connectivity index (χ4n) is 10.0. The van der Waals surface area contributed by atoms with E-state index in [1.54, 1.807) is 0 Å². The molecule has 12 rings (SSSR count). The first-order chi connectivity index (χ1) is 28.8. The molecule has 3 heterocycles. The molecule has 8 aromatic carbocycles. The van der Waals surface area contributed by atoms with Crippen molar-refractivity contribution in [2.75, 3.05) is 4.90 Å². The number of hydrogen-bond donors (Lipinski definition) is 0. The van der Waals surface area contributed by atoms with Crippen LogP contribution in [0.3, 0.4) is 0 Å². The van der Waals surface area contributed by atoms with Gasteiger partial charge in [-0.3, -0.25) is 0 Å². The molecule has 0 unspecified atom stereocenters. The van der Waals surface area contributed by atoms with Gasteiger partial charge in [0.15, 0.2) is 0 Å². The highest BCUT2D eigenvalue weighted by Crippen LogP contribution is 2.46. The van der Waals surface area contributed by atoms with Gasteiger partial charge in [0.1, 0.15) is 11.2 Å². The number of benzene rings is 8. The molecule has 0 amide bonds. The van der Waals surface area contributed by atoms with Gasteiger partial charge in [0, 0.05) is 72.5 Å². The molecule has 4 heteroatoms. The molecule has 0 N–H and O–H groups in total. The predicted molar refractivity (Wildman–Crippen MR) is 243 cm³/mol. The minimum Gasteiger partial charge on any atom is -0.456 e. The number of anilines is 3. The first kappa shape index (κ1) is 33.1. The van der Waals surface area contributed by atoms with E-state index in [1.165, 1.54) is 81.3 Å². The summed E-state index contributed by atoms with van der Waals surface area (Å²) in [6.45, 7) is 0. The molecule has 1 aliphatic carbocycles. The Hall–Kier alpha value is -7.04. The average molecular weight is 748 g/mol. The van der Waals surface area contributed by atoms with E-state index in [1.807, 2.05) is 6.07 Å². The van der Waals surface area contributed by atoms with E-state index in [2.05, 4.69) is 190 Å². The van der Waals surface area contributed by atoms with Crippen LogP contribution in [0.5, 0.6) is 0 Å². The van der Waals surface area contributed by atoms with E-state index < -0.39 is 0 Å². The summed E-state index contributed by atoms with van der Waals surface area (Å²) in [5.41, 5.74) is 13.7. The van der Waals surface area contributed by atoms with Crippen molar-refractivity contribution in [3.8, 4) is 16.8 Å². The monoisotopic (exact) mass is 747 g/mol. The van der Waals surface area contributed by atoms with E-state index >= 15 is 0 Å². The first-order valence-corrected chi connectivity index (χ1v) is 20.7. The third kappa shape index (κ3) is 5.14. The van der Waals surface area contributed by atoms with E-state index in [0.29, 0.717) is 6.04 Å². The summed E-state index contributed by atoms with van der Waals surface area (Å²) in [6, 6.07) is 66.9. The average Bonchev–Trinajstić information content (AvgIpc) is 3.95. The van der Waals surface area contributed by atoms with Crippen LogP contribution in [0.25, 0.3) is 82.4 Å². The molecule has 0 saturated heterocycles. The molecule has 0 aliphatic heterocycles. The number of nitrogens with zero attached hydrogens (tertiary/aromatic N) is 3. The molecule has 4 nitrogen and oxygen atoms in total. The van der Waals surface area contributed by atoms with Gasteiger partial charge in [-0.05, 0) is 96.8 Å². The Morgan fingerprint density at radius 3 is 1.91 bits per heavy atom. The maximum Gasteiger partial charge on any atom is 0.137 e. The standard InChI is InChI=1S/C54H41N3O/c1-3-14-38(15-4-1)56-48-22-11-8-20-46(48)54-49(23-13-24-50(54)56)55(41-31-33-45-44-19-9-12-25-52(44)58-53(45)35-41)40-29-26-36(27-30-40)37-28-32-43-42-18-7-10-21-47(42)57(51(43)34-37)39-16-5-2-6-17-39/h1,3-4,7-15,18-35,39H,2,5-6,16-17H2. The Morgan fingerprint density at radius 2 is 1.07 bits per heavy atom. The molecule has 11 aromatic rings. The third-order valence-electron chi connectivity index (χ3n) is 12.7. The van der Waals surface area contributed by atoms with Crippen LogP contribution in [0, 0.1) is 0 Å². The predicted octanol–water partition coefficient (Wildman–Crippen LogP) is 15.4. The first-order valence-electron chi connectivity index (χ1n) is 20.7. The quantitative estimate of drug-likeness (QED) is 0.169. The van der Waals surface area contributed by atoms with Gasteiger partial charge in [-0.1, -0.05) is 122 Å². The van der Waals surface area contributed by atoms with Crippen LogP contribution in [-0.2, 0) is 0 Å². The zero-order chi connectivity index (χ0) is 38.2. The van der Waals surface area contributed by atoms with Crippen LogP contribution in [0.4, 0.5) is 17.1 Å². The van der Waals surface area contributed by atoms with Crippen LogP contribution in [0.15, 0.2) is 186 Å². The summed E-state index contributed by atoms with van der Waals surface area (Å²) in [5, 5.41) is 7.37. The normalized spacial score (nSPS) is 13.8. The van der Waals surface area contributed by atoms with Crippen molar-refractivity contribution in [3.63, 3.8) is 0 Å². The SMILES string of the molecule is c1ccc(-n2c3ccccc3c3c(N(c4ccc(-c5ccc6c7ccccc7n(C7CCCCC7)c6c5)cc4)c4ccc5c(c4)oc4ccccc45)cccc32)cc1. The number of furan rings is 1. The Balaban J connectivity index is 1.04. The second-order valence-electron chi connectivity index (χ2n) is 15.9. The minimum absolute atomic E-state index is 0.543. The zero-order valence-corrected chi connectivity index (χ0v) is 32.2. The Bertz CT molecular complexity index is 3320. The summed E-state index contributed by atoms with van der Waals surface area (Å²) < 4.78 is 11.5. The number of rotatable bonds is 6. The van der Waals surface area contributed by atoms with Gasteiger partial charge in [0.05, 0.1) is 16.7 Å². The van der Waals surface area contributed by atoms with Gasteiger partial charge in [-0.25, -0.2) is 0 Å². The lowest BCUT2D eigenvalue weighted by Gasteiger charge is -2.27. The van der Waals surface area contributed by atoms with Crippen molar-refractivity contribution in [2.24, 2.45) is 0 Å². The van der Waals surface area contributed by atoms with Crippen LogP contribution in [-0.4, -0.2) is 9.13 Å². The van der Waals surface area contributed by atoms with Crippen molar-refractivity contribution < 1.29 is 4.42 Å². The van der Waals surface area contributed by atoms with E-state index in [9.17, 15) is 0 Å². The fraction of sp³-hybridized carbons (Fsp3) is 0.111. The van der Waals surface area contributed by atoms with Crippen molar-refractivity contribution in [3.05, 3.63) is 182 Å². The third-order valence-corrected chi connectivity index (χ3v) is 12.7. The highest BCUT2D eigenvalue weighted by atomic mass is 16.3. The Labute approximate surface area is 336 Å². The number of para-hydroxylation sites is 4. The van der Waals surface area contributed by atoms with Crippen LogP contribution in [0.2, 0.25) is 0 Å². The van der Waals surface area contributed by atoms with Crippen LogP contribution < -0.4 is 4.90 Å². The van der Waals surface area contributed by atoms with E-state index in [-0.39, 0.29) is 0 Å². The molecule has 278 valence electrons. The summed E-state index contributed by atoms with van der Waals surface area (Å²) in [6.07, 6.45) is 6.45. The maximum absolute atomic E-state index is 6.49. The fourth-order valence-corrected chi connectivity index (χ4v) is 10.0. The van der Waals surface area contributed by atoms with Crippen molar-refractivity contribution in [2.45, 2.75) is 38.1 Å². The summed E-state index contributed by atoms with van der Waals surface area (Å²) in [5.74, 6) is 0. The van der Waals surface area contributed by atoms with Crippen molar-refractivity contribution in [1.29, 1.82) is 0 Å². The molecule has 0 radical (unpaired) electrons. The molecule has 1 fully saturated rings. The number of aromatic nitrogens is 2. The molecular formula is C54H41N3O. The topological polar surface area (TPSA) is 26.2 Å². The number of fused-ring (bicyclic) bond motifs is 9. The van der Waals surface area contributed by atoms with Crippen LogP contribution >= 0.6 is 0 Å². The number of hydrogen-bond acceptors (Lipinski definition) is 2. The zero-order valence-electron chi connectivity index (χ0n) is 32.2. The van der Waals surface area contributed by atoms with Gasteiger partial charge in [0.25, 0.3) is 0 Å². The molecule has 58 heavy (non-hydrogen) atoms. The molecule has 1 saturated carbocycles. The van der Waals surface area contributed by atoms with Gasteiger partial charge >= 0.3 is 0 Å². The second-order valence-corrected chi connectivity index (χ2v) is 15.9. The summed E-state index contributed by atoms with van der Waals surface area (Å²) in [7, 11) is 0. The molecule has 0 spiro atoms. The largest absolute Gasteiger partial charge is 0.456 e. The van der Waals surface area contributed by atoms with Crippen molar-refractivity contribution in [1.82, 2.24) is 9.13 Å². The van der Waals surface area contributed by atoms with Gasteiger partial charge in [0.2, 0.25) is 0 Å². The summed E-state index contributed by atoms with van der Waals surface area (Å²) >= 11 is 0. The van der Waals surface area contributed by atoms with Crippen molar-refractivity contribution >= 4 is 82.6 Å². The molecule has 1 aliphatic rings. The molecule has 0 atom stereocenters. The Morgan fingerprint density at radius 1 is 0.431 bits per heavy atom. The second kappa shape index (κ2) is 13.3. The van der Waals surface area contributed by atoms with Gasteiger partial charge in [-0.2, -0.15) is 0 Å². The highest BCUT2D eigenvalue weighted by molar-refractivity contribution is 6.17. The lowest BCUT2D eigenvalue weighted by Crippen LogP contribution is -2.12. The van der Waals surface area contributed by atoms with Gasteiger partial charge in [-0.15, -0.1) is 0 Å². The van der Waals surface area contributed by atoms with E-state index in [0.717, 1.165) is 50.2 Å². The molecular weight excluding hydrogens is 707 g/mol. The maximum atomic E-state index is 6.49. The van der Waals surface area contributed by atoms with Gasteiger partial charge < -0.3 is 18.5 Å². The highest BCUT2D eigenvalue weighted by Gasteiger charge is 2.23. The lowest BCUT2D eigenvalue weighted by atomic mass is 9.95. The van der Waals surface area contributed by atoms with E-state index in [4.69, 9.17) is 4.42 Å². The minimum atomic E-state index is 0.543. The lowest BCUT2D eigenvalue weighted by molar-refractivity contribution is 0.367. The van der Waals surface area contributed by atoms with Crippen LogP contribution in [0.1, 0.15) is 38.1 Å². The molecule has 0 bridgehead atoms. The molecule has 3 aromatic heterocycles. The summed E-state index contributed by atoms with van der Waals surface area (Å²) in [4.78, 5) is 2.41.